The molecule has 0 aliphatic heterocycles. The fourth-order valence-corrected chi connectivity index (χ4v) is 2.89. The van der Waals surface area contributed by atoms with Crippen LogP contribution in [0.1, 0.15) is 40.0 Å². The zero-order valence-electron chi connectivity index (χ0n) is 12.1. The molecular weight excluding hydrogens is 269 g/mol. The Bertz CT molecular complexity index is 292. The molecule has 1 atom stereocenters. The number of carbonyl (C=O) groups is 1. The van der Waals surface area contributed by atoms with Gasteiger partial charge in [-0.15, -0.1) is 0 Å². The van der Waals surface area contributed by atoms with Gasteiger partial charge >= 0.3 is 7.82 Å². The standard InChI is InChI=1S/C12H26NO5P/c1-4-13(5-2,6-3)10-7-8-12(9-11-14)18-19(15,16)17/h11-12H,4-10H2,1-3H3,(H-,15,16,17)/p+1. The van der Waals surface area contributed by atoms with Crippen molar-refractivity contribution in [2.24, 2.45) is 0 Å². The highest BCUT2D eigenvalue weighted by Crippen LogP contribution is 2.39. The van der Waals surface area contributed by atoms with Gasteiger partial charge in [-0.25, -0.2) is 4.57 Å². The van der Waals surface area contributed by atoms with Crippen molar-refractivity contribution in [3.63, 3.8) is 0 Å². The molecule has 0 aliphatic carbocycles. The average Bonchev–Trinajstić information content (AvgIpc) is 2.33. The normalized spacial score (nSPS) is 14.4. The molecule has 0 aromatic rings. The number of nitrogens with zero attached hydrogens (tertiary/aromatic N) is 1. The van der Waals surface area contributed by atoms with Gasteiger partial charge in [-0.2, -0.15) is 0 Å². The summed E-state index contributed by atoms with van der Waals surface area (Å²) in [4.78, 5) is 28.1. The van der Waals surface area contributed by atoms with Crippen molar-refractivity contribution in [2.75, 3.05) is 26.2 Å². The molecule has 19 heavy (non-hydrogen) atoms. The van der Waals surface area contributed by atoms with Crippen LogP contribution in [0, 0.1) is 0 Å². The van der Waals surface area contributed by atoms with Gasteiger partial charge in [0.2, 0.25) is 0 Å². The minimum atomic E-state index is -4.52. The Hall–Kier alpha value is -0.260. The molecule has 0 bridgehead atoms. The summed E-state index contributed by atoms with van der Waals surface area (Å²) in [6.07, 6.45) is 1.25. The van der Waals surface area contributed by atoms with E-state index < -0.39 is 13.9 Å². The number of phosphoric ester groups is 1. The number of phosphoric acid groups is 1. The minimum absolute atomic E-state index is 0.0233. The van der Waals surface area contributed by atoms with Crippen molar-refractivity contribution in [1.82, 2.24) is 0 Å². The molecule has 114 valence electrons. The van der Waals surface area contributed by atoms with Crippen molar-refractivity contribution in [2.45, 2.75) is 46.1 Å². The van der Waals surface area contributed by atoms with Crippen LogP contribution in [-0.2, 0) is 13.9 Å². The van der Waals surface area contributed by atoms with E-state index in [4.69, 9.17) is 9.79 Å². The van der Waals surface area contributed by atoms with E-state index in [0.29, 0.717) is 12.7 Å². The third-order valence-electron chi connectivity index (χ3n) is 3.82. The molecule has 0 rings (SSSR count). The second-order valence-electron chi connectivity index (χ2n) is 4.78. The van der Waals surface area contributed by atoms with Gasteiger partial charge in [0.1, 0.15) is 6.29 Å². The van der Waals surface area contributed by atoms with E-state index in [0.717, 1.165) is 37.1 Å². The minimum Gasteiger partial charge on any atom is -0.324 e. The topological polar surface area (TPSA) is 83.8 Å². The SMILES string of the molecule is CC[N+](CC)(CC)CCCC(CC=O)OP(=O)(O)O. The van der Waals surface area contributed by atoms with E-state index in [1.54, 1.807) is 0 Å². The lowest BCUT2D eigenvalue weighted by molar-refractivity contribution is -0.923. The lowest BCUT2D eigenvalue weighted by Crippen LogP contribution is -2.48. The predicted octanol–water partition coefficient (Wildman–Crippen LogP) is 1.71. The number of rotatable bonds is 11. The molecule has 0 fully saturated rings. The van der Waals surface area contributed by atoms with Crippen LogP contribution in [0.5, 0.6) is 0 Å². The van der Waals surface area contributed by atoms with Gasteiger partial charge in [0, 0.05) is 6.42 Å². The van der Waals surface area contributed by atoms with Crippen molar-refractivity contribution in [3.8, 4) is 0 Å². The summed E-state index contributed by atoms with van der Waals surface area (Å²) in [6.45, 7) is 10.5. The molecule has 2 N–H and O–H groups in total. The van der Waals surface area contributed by atoms with E-state index in [-0.39, 0.29) is 6.42 Å². The second kappa shape index (κ2) is 8.82. The molecule has 0 amide bonds. The Morgan fingerprint density at radius 1 is 1.21 bits per heavy atom. The Morgan fingerprint density at radius 3 is 2.11 bits per heavy atom. The van der Waals surface area contributed by atoms with Gasteiger partial charge < -0.3 is 19.1 Å². The first-order valence-electron chi connectivity index (χ1n) is 6.85. The summed E-state index contributed by atoms with van der Waals surface area (Å²) in [5, 5.41) is 0. The second-order valence-corrected chi connectivity index (χ2v) is 5.97. The number of hydrogen-bond acceptors (Lipinski definition) is 3. The summed E-state index contributed by atoms with van der Waals surface area (Å²) in [5.41, 5.74) is 0. The van der Waals surface area contributed by atoms with Gasteiger partial charge in [-0.05, 0) is 33.6 Å². The predicted molar refractivity (Wildman–Crippen MR) is 73.6 cm³/mol. The summed E-state index contributed by atoms with van der Waals surface area (Å²) < 4.78 is 16.4. The molecule has 0 radical (unpaired) electrons. The molecule has 0 aromatic heterocycles. The van der Waals surface area contributed by atoms with Crippen LogP contribution in [0.15, 0.2) is 0 Å². The molecular formula is C12H27NO5P+. The third-order valence-corrected chi connectivity index (χ3v) is 4.39. The number of quaternary nitrogens is 1. The first-order valence-corrected chi connectivity index (χ1v) is 8.38. The maximum atomic E-state index is 10.8. The largest absolute Gasteiger partial charge is 0.469 e. The van der Waals surface area contributed by atoms with Crippen LogP contribution in [0.4, 0.5) is 0 Å². The molecule has 0 aromatic carbocycles. The molecule has 0 spiro atoms. The smallest absolute Gasteiger partial charge is 0.324 e. The van der Waals surface area contributed by atoms with Crippen molar-refractivity contribution >= 4 is 14.1 Å². The molecule has 0 aliphatic rings. The third kappa shape index (κ3) is 7.80. The van der Waals surface area contributed by atoms with Crippen LogP contribution in [0.25, 0.3) is 0 Å². The maximum Gasteiger partial charge on any atom is 0.469 e. The summed E-state index contributed by atoms with van der Waals surface area (Å²) in [6, 6.07) is 0. The molecule has 6 nitrogen and oxygen atoms in total. The zero-order valence-corrected chi connectivity index (χ0v) is 13.0. The van der Waals surface area contributed by atoms with Gasteiger partial charge in [0.05, 0.1) is 32.3 Å². The van der Waals surface area contributed by atoms with E-state index >= 15 is 0 Å². The number of aldehydes is 1. The molecule has 0 saturated carbocycles. The Labute approximate surface area is 115 Å². The van der Waals surface area contributed by atoms with E-state index in [1.165, 1.54) is 0 Å². The highest BCUT2D eigenvalue weighted by molar-refractivity contribution is 7.46. The monoisotopic (exact) mass is 296 g/mol. The Kier molecular flexibility index (Phi) is 8.70. The average molecular weight is 296 g/mol. The van der Waals surface area contributed by atoms with Gasteiger partial charge in [0.15, 0.2) is 0 Å². The van der Waals surface area contributed by atoms with Gasteiger partial charge in [-0.3, -0.25) is 4.52 Å². The van der Waals surface area contributed by atoms with Crippen molar-refractivity contribution < 1.29 is 28.2 Å². The van der Waals surface area contributed by atoms with Crippen molar-refractivity contribution in [1.29, 1.82) is 0 Å². The van der Waals surface area contributed by atoms with E-state index in [1.807, 2.05) is 0 Å². The highest BCUT2D eigenvalue weighted by atomic mass is 31.2. The maximum absolute atomic E-state index is 10.8. The summed E-state index contributed by atoms with van der Waals surface area (Å²) >= 11 is 0. The molecule has 7 heteroatoms. The molecule has 1 unspecified atom stereocenters. The lowest BCUT2D eigenvalue weighted by Gasteiger charge is -2.36. The molecule has 0 saturated heterocycles. The van der Waals surface area contributed by atoms with Crippen LogP contribution in [-0.4, -0.2) is 52.8 Å². The number of hydrogen-bond donors (Lipinski definition) is 2. The van der Waals surface area contributed by atoms with Crippen LogP contribution in [0.2, 0.25) is 0 Å². The number of carbonyl (C=O) groups excluding carboxylic acids is 1. The Morgan fingerprint density at radius 2 is 1.74 bits per heavy atom. The summed E-state index contributed by atoms with van der Waals surface area (Å²) in [7, 11) is -4.52. The zero-order chi connectivity index (χ0) is 14.9. The fourth-order valence-electron chi connectivity index (χ4n) is 2.31. The van der Waals surface area contributed by atoms with E-state index in [2.05, 4.69) is 25.3 Å². The Balaban J connectivity index is 4.32. The van der Waals surface area contributed by atoms with Gasteiger partial charge in [0.25, 0.3) is 0 Å². The summed E-state index contributed by atoms with van der Waals surface area (Å²) in [5.74, 6) is 0. The fraction of sp³-hybridized carbons (Fsp3) is 0.917. The van der Waals surface area contributed by atoms with Crippen LogP contribution >= 0.6 is 7.82 Å². The van der Waals surface area contributed by atoms with Gasteiger partial charge in [-0.1, -0.05) is 0 Å². The van der Waals surface area contributed by atoms with Crippen LogP contribution in [0.3, 0.4) is 0 Å². The highest BCUT2D eigenvalue weighted by Gasteiger charge is 2.24. The lowest BCUT2D eigenvalue weighted by atomic mass is 10.1. The van der Waals surface area contributed by atoms with Crippen molar-refractivity contribution in [3.05, 3.63) is 0 Å². The van der Waals surface area contributed by atoms with Crippen LogP contribution < -0.4 is 0 Å². The van der Waals surface area contributed by atoms with E-state index in [9.17, 15) is 9.36 Å². The first-order chi connectivity index (χ1) is 8.82. The quantitative estimate of drug-likeness (QED) is 0.344. The first kappa shape index (κ1) is 18.7. The molecule has 0 heterocycles.